The van der Waals surface area contributed by atoms with Crippen molar-refractivity contribution in [1.82, 2.24) is 5.32 Å². The minimum absolute atomic E-state index is 0.0655. The number of anilines is 1. The molecule has 0 aliphatic rings. The summed E-state index contributed by atoms with van der Waals surface area (Å²) in [6.07, 6.45) is 1.86. The minimum atomic E-state index is -3.69. The number of benzene rings is 2. The molecule has 0 radical (unpaired) electrons. The third-order valence-corrected chi connectivity index (χ3v) is 5.70. The number of nitrogens with zero attached hydrogens (tertiary/aromatic N) is 1. The summed E-state index contributed by atoms with van der Waals surface area (Å²) in [5, 5.41) is 2.89. The average Bonchev–Trinajstić information content (AvgIpc) is 2.70. The van der Waals surface area contributed by atoms with E-state index in [1.54, 1.807) is 0 Å². The first-order chi connectivity index (χ1) is 13.7. The van der Waals surface area contributed by atoms with E-state index in [9.17, 15) is 13.2 Å². The van der Waals surface area contributed by atoms with Crippen molar-refractivity contribution in [3.63, 3.8) is 0 Å². The Morgan fingerprint density at radius 1 is 1.10 bits per heavy atom. The molecule has 0 heterocycles. The van der Waals surface area contributed by atoms with Crippen LogP contribution in [0.4, 0.5) is 5.69 Å². The molecule has 158 valence electrons. The number of ether oxygens (including phenoxy) is 2. The van der Waals surface area contributed by atoms with Gasteiger partial charge in [0.2, 0.25) is 10.0 Å². The molecule has 1 unspecified atom stereocenters. The highest BCUT2D eigenvalue weighted by molar-refractivity contribution is 7.92. The monoisotopic (exact) mass is 420 g/mol. The molecule has 0 fully saturated rings. The fraction of sp³-hybridized carbons (Fsp3) is 0.381. The lowest BCUT2D eigenvalue weighted by Gasteiger charge is -2.26. The van der Waals surface area contributed by atoms with E-state index in [2.05, 4.69) is 5.32 Å². The van der Waals surface area contributed by atoms with Crippen LogP contribution in [0.1, 0.15) is 36.2 Å². The molecule has 2 aromatic rings. The van der Waals surface area contributed by atoms with Gasteiger partial charge >= 0.3 is 0 Å². The van der Waals surface area contributed by atoms with Gasteiger partial charge < -0.3 is 14.8 Å². The molecular weight excluding hydrogens is 392 g/mol. The van der Waals surface area contributed by atoms with E-state index < -0.39 is 10.0 Å². The van der Waals surface area contributed by atoms with Gasteiger partial charge in [-0.3, -0.25) is 9.10 Å². The van der Waals surface area contributed by atoms with Crippen LogP contribution in [0.2, 0.25) is 0 Å². The first kappa shape index (κ1) is 22.5. The molecule has 2 aromatic carbocycles. The number of carbonyl (C=O) groups excluding carboxylic acids is 1. The molecule has 1 atom stereocenters. The Bertz CT molecular complexity index is 945. The molecule has 0 spiro atoms. The molecule has 0 aliphatic carbocycles. The Balaban J connectivity index is 2.65. The highest BCUT2D eigenvalue weighted by atomic mass is 32.2. The topological polar surface area (TPSA) is 84.9 Å². The molecule has 0 saturated heterocycles. The lowest BCUT2D eigenvalue weighted by atomic mass is 10.1. The smallest absolute Gasteiger partial charge is 0.253 e. The van der Waals surface area contributed by atoms with Gasteiger partial charge in [0.1, 0.15) is 0 Å². The van der Waals surface area contributed by atoms with Crippen molar-refractivity contribution in [2.75, 3.05) is 24.8 Å². The van der Waals surface area contributed by atoms with Crippen molar-refractivity contribution in [3.8, 4) is 11.5 Å². The SMILES string of the molecule is CCC(C)NC(=O)c1cc(OC)c(OC)cc1N(Cc1ccccc1)S(C)(=O)=O. The summed E-state index contributed by atoms with van der Waals surface area (Å²) in [7, 11) is -0.769. The van der Waals surface area contributed by atoms with Crippen LogP contribution in [0.5, 0.6) is 11.5 Å². The normalized spacial score (nSPS) is 12.2. The summed E-state index contributed by atoms with van der Waals surface area (Å²) < 4.78 is 37.2. The lowest BCUT2D eigenvalue weighted by molar-refractivity contribution is 0.0939. The second-order valence-electron chi connectivity index (χ2n) is 6.76. The Kier molecular flexibility index (Phi) is 7.50. The molecule has 0 saturated carbocycles. The van der Waals surface area contributed by atoms with Crippen LogP contribution in [-0.4, -0.2) is 40.8 Å². The molecule has 7 nitrogen and oxygen atoms in total. The van der Waals surface area contributed by atoms with Gasteiger partial charge in [0.15, 0.2) is 11.5 Å². The first-order valence-corrected chi connectivity index (χ1v) is 11.1. The average molecular weight is 421 g/mol. The molecule has 0 bridgehead atoms. The zero-order valence-electron chi connectivity index (χ0n) is 17.4. The number of hydrogen-bond acceptors (Lipinski definition) is 5. The summed E-state index contributed by atoms with van der Waals surface area (Å²) >= 11 is 0. The van der Waals surface area contributed by atoms with Gasteiger partial charge in [-0.05, 0) is 25.0 Å². The zero-order valence-corrected chi connectivity index (χ0v) is 18.2. The molecule has 0 aromatic heterocycles. The molecular formula is C21H28N2O5S. The largest absolute Gasteiger partial charge is 0.493 e. The maximum Gasteiger partial charge on any atom is 0.253 e. The summed E-state index contributed by atoms with van der Waals surface area (Å²) in [6, 6.07) is 12.2. The molecule has 8 heteroatoms. The van der Waals surface area contributed by atoms with Gasteiger partial charge in [0.05, 0.1) is 38.3 Å². The van der Waals surface area contributed by atoms with Crippen LogP contribution in [0, 0.1) is 0 Å². The standard InChI is InChI=1S/C21H28N2O5S/c1-6-15(2)22-21(24)17-12-19(27-3)20(28-4)13-18(17)23(29(5,25)26)14-16-10-8-7-9-11-16/h7-13,15H,6,14H2,1-5H3,(H,22,24). The Hall–Kier alpha value is -2.74. The summed E-state index contributed by atoms with van der Waals surface area (Å²) in [6.45, 7) is 3.92. The predicted molar refractivity (Wildman–Crippen MR) is 114 cm³/mol. The highest BCUT2D eigenvalue weighted by Gasteiger charge is 2.27. The molecule has 1 N–H and O–H groups in total. The Morgan fingerprint density at radius 2 is 1.69 bits per heavy atom. The summed E-state index contributed by atoms with van der Waals surface area (Å²) in [5.74, 6) is 0.306. The van der Waals surface area contributed by atoms with E-state index in [0.717, 1.165) is 18.2 Å². The number of nitrogens with one attached hydrogen (secondary N) is 1. The second kappa shape index (κ2) is 9.65. The van der Waals surface area contributed by atoms with E-state index in [-0.39, 0.29) is 29.7 Å². The van der Waals surface area contributed by atoms with Crippen molar-refractivity contribution in [3.05, 3.63) is 53.6 Å². The highest BCUT2D eigenvalue weighted by Crippen LogP contribution is 2.37. The van der Waals surface area contributed by atoms with Crippen molar-refractivity contribution in [1.29, 1.82) is 0 Å². The fourth-order valence-corrected chi connectivity index (χ4v) is 3.68. The number of hydrogen-bond donors (Lipinski definition) is 1. The maximum absolute atomic E-state index is 13.0. The van der Waals surface area contributed by atoms with Gasteiger partial charge in [-0.25, -0.2) is 8.42 Å². The van der Waals surface area contributed by atoms with Crippen LogP contribution in [0.25, 0.3) is 0 Å². The zero-order chi connectivity index (χ0) is 21.6. The molecule has 1 amide bonds. The lowest BCUT2D eigenvalue weighted by Crippen LogP contribution is -2.35. The number of sulfonamides is 1. The third-order valence-electron chi connectivity index (χ3n) is 4.57. The van der Waals surface area contributed by atoms with Crippen LogP contribution in [0.15, 0.2) is 42.5 Å². The summed E-state index contributed by atoms with van der Waals surface area (Å²) in [4.78, 5) is 13.0. The van der Waals surface area contributed by atoms with E-state index in [1.807, 2.05) is 44.2 Å². The fourth-order valence-electron chi connectivity index (χ4n) is 2.79. The molecule has 0 aliphatic heterocycles. The quantitative estimate of drug-likeness (QED) is 0.673. The molecule has 29 heavy (non-hydrogen) atoms. The van der Waals surface area contributed by atoms with Gasteiger partial charge in [0.25, 0.3) is 5.91 Å². The van der Waals surface area contributed by atoms with Crippen molar-refractivity contribution in [2.24, 2.45) is 0 Å². The van der Waals surface area contributed by atoms with Crippen molar-refractivity contribution in [2.45, 2.75) is 32.9 Å². The van der Waals surface area contributed by atoms with E-state index >= 15 is 0 Å². The number of rotatable bonds is 9. The van der Waals surface area contributed by atoms with E-state index in [0.29, 0.717) is 11.5 Å². The summed E-state index contributed by atoms with van der Waals surface area (Å²) in [5.41, 5.74) is 1.22. The third kappa shape index (κ3) is 5.63. The first-order valence-electron chi connectivity index (χ1n) is 9.29. The van der Waals surface area contributed by atoms with Crippen molar-refractivity contribution < 1.29 is 22.7 Å². The Labute approximate surface area is 172 Å². The van der Waals surface area contributed by atoms with Gasteiger partial charge in [-0.2, -0.15) is 0 Å². The van der Waals surface area contributed by atoms with Crippen LogP contribution in [-0.2, 0) is 16.6 Å². The maximum atomic E-state index is 13.0. The number of methoxy groups -OCH3 is 2. The van der Waals surface area contributed by atoms with E-state index in [4.69, 9.17) is 9.47 Å². The van der Waals surface area contributed by atoms with Crippen LogP contribution in [0.3, 0.4) is 0 Å². The van der Waals surface area contributed by atoms with Gasteiger partial charge in [-0.15, -0.1) is 0 Å². The van der Waals surface area contributed by atoms with Gasteiger partial charge in [-0.1, -0.05) is 37.3 Å². The molecule has 2 rings (SSSR count). The number of carbonyl (C=O) groups is 1. The van der Waals surface area contributed by atoms with Crippen LogP contribution >= 0.6 is 0 Å². The van der Waals surface area contributed by atoms with Gasteiger partial charge in [0, 0.05) is 12.1 Å². The second-order valence-corrected chi connectivity index (χ2v) is 8.67. The van der Waals surface area contributed by atoms with Crippen molar-refractivity contribution >= 4 is 21.6 Å². The Morgan fingerprint density at radius 3 is 2.21 bits per heavy atom. The number of amides is 1. The van der Waals surface area contributed by atoms with Crippen LogP contribution < -0.4 is 19.1 Å². The van der Waals surface area contributed by atoms with E-state index in [1.165, 1.54) is 30.7 Å². The minimum Gasteiger partial charge on any atom is -0.493 e. The predicted octanol–water partition coefficient (Wildman–Crippen LogP) is 3.20.